The molecule has 0 fully saturated rings. The van der Waals surface area contributed by atoms with Crippen molar-refractivity contribution in [1.29, 1.82) is 0 Å². The Bertz CT molecular complexity index is 217. The van der Waals surface area contributed by atoms with Crippen LogP contribution in [0.2, 0.25) is 0 Å². The summed E-state index contributed by atoms with van der Waals surface area (Å²) < 4.78 is 9.53. The number of esters is 1. The molecule has 0 amide bonds. The van der Waals surface area contributed by atoms with Crippen LogP contribution in [0.4, 0.5) is 0 Å². The van der Waals surface area contributed by atoms with E-state index in [9.17, 15) is 4.79 Å². The molecule has 0 spiro atoms. The largest absolute Gasteiger partial charge is 0.438 e. The summed E-state index contributed by atoms with van der Waals surface area (Å²) in [5.41, 5.74) is 0. The van der Waals surface area contributed by atoms with Gasteiger partial charge >= 0.3 is 5.97 Å². The van der Waals surface area contributed by atoms with Gasteiger partial charge in [-0.1, -0.05) is 84.0 Å². The summed E-state index contributed by atoms with van der Waals surface area (Å²) >= 11 is 0. The lowest BCUT2D eigenvalue weighted by Crippen LogP contribution is -2.06. The Morgan fingerprint density at radius 1 is 0.714 bits per heavy atom. The van der Waals surface area contributed by atoms with E-state index >= 15 is 0 Å². The molecule has 0 aliphatic carbocycles. The predicted octanol–water partition coefficient (Wildman–Crippen LogP) is 5.61. The molecule has 0 N–H and O–H groups in total. The van der Waals surface area contributed by atoms with Gasteiger partial charge in [-0.3, -0.25) is 4.79 Å². The zero-order valence-electron chi connectivity index (χ0n) is 14.3. The minimum atomic E-state index is -0.139. The van der Waals surface area contributed by atoms with E-state index in [0.29, 0.717) is 6.42 Å². The van der Waals surface area contributed by atoms with Gasteiger partial charge in [-0.05, 0) is 6.42 Å². The maximum Gasteiger partial charge on any atom is 0.307 e. The van der Waals surface area contributed by atoms with E-state index in [1.807, 2.05) is 0 Å². The van der Waals surface area contributed by atoms with Gasteiger partial charge in [0.2, 0.25) is 0 Å². The lowest BCUT2D eigenvalue weighted by Gasteiger charge is -2.04. The Balaban J connectivity index is 3.04. The second-order valence-electron chi connectivity index (χ2n) is 5.92. The standard InChI is InChI=1S/C18H36O3/c1-3-4-5-6-7-8-9-10-11-12-13-14-15-16-18(19)21-17-20-2/h3-17H2,1-2H3. The molecular formula is C18H36O3. The van der Waals surface area contributed by atoms with Crippen LogP contribution in [0.5, 0.6) is 0 Å². The summed E-state index contributed by atoms with van der Waals surface area (Å²) in [5, 5.41) is 0. The lowest BCUT2D eigenvalue weighted by atomic mass is 10.0. The van der Waals surface area contributed by atoms with Crippen molar-refractivity contribution >= 4 is 5.97 Å². The monoisotopic (exact) mass is 300 g/mol. The number of carbonyl (C=O) groups is 1. The number of methoxy groups -OCH3 is 1. The van der Waals surface area contributed by atoms with E-state index in [-0.39, 0.29) is 12.8 Å². The fraction of sp³-hybridized carbons (Fsp3) is 0.944. The van der Waals surface area contributed by atoms with Gasteiger partial charge in [0.1, 0.15) is 0 Å². The van der Waals surface area contributed by atoms with Gasteiger partial charge in [0, 0.05) is 13.5 Å². The SMILES string of the molecule is CCCCCCCCCCCCCCCC(=O)OCOC. The normalized spacial score (nSPS) is 10.8. The van der Waals surface area contributed by atoms with Crippen molar-refractivity contribution in [2.24, 2.45) is 0 Å². The van der Waals surface area contributed by atoms with E-state index in [0.717, 1.165) is 12.8 Å². The number of hydrogen-bond acceptors (Lipinski definition) is 3. The minimum absolute atomic E-state index is 0.0806. The molecule has 21 heavy (non-hydrogen) atoms. The summed E-state index contributed by atoms with van der Waals surface area (Å²) in [6, 6.07) is 0. The van der Waals surface area contributed by atoms with E-state index < -0.39 is 0 Å². The first-order valence-corrected chi connectivity index (χ1v) is 8.95. The van der Waals surface area contributed by atoms with Crippen LogP contribution in [0.15, 0.2) is 0 Å². The first-order chi connectivity index (χ1) is 10.3. The molecule has 0 aromatic heterocycles. The molecule has 0 aliphatic rings. The third kappa shape index (κ3) is 17.4. The first-order valence-electron chi connectivity index (χ1n) is 8.95. The molecule has 0 aromatic rings. The van der Waals surface area contributed by atoms with Gasteiger partial charge < -0.3 is 9.47 Å². The molecule has 0 radical (unpaired) electrons. The van der Waals surface area contributed by atoms with Crippen LogP contribution in [0.1, 0.15) is 96.8 Å². The molecule has 0 heterocycles. The molecular weight excluding hydrogens is 264 g/mol. The zero-order valence-corrected chi connectivity index (χ0v) is 14.3. The highest BCUT2D eigenvalue weighted by Gasteiger charge is 2.01. The molecule has 0 bridgehead atoms. The van der Waals surface area contributed by atoms with Crippen LogP contribution in [0.3, 0.4) is 0 Å². The van der Waals surface area contributed by atoms with E-state index in [1.54, 1.807) is 0 Å². The third-order valence-corrected chi connectivity index (χ3v) is 3.82. The van der Waals surface area contributed by atoms with Crippen LogP contribution < -0.4 is 0 Å². The molecule has 0 rings (SSSR count). The maximum atomic E-state index is 11.2. The Morgan fingerprint density at radius 3 is 1.57 bits per heavy atom. The van der Waals surface area contributed by atoms with Gasteiger partial charge in [-0.2, -0.15) is 0 Å². The van der Waals surface area contributed by atoms with Crippen molar-refractivity contribution in [1.82, 2.24) is 0 Å². The Morgan fingerprint density at radius 2 is 1.14 bits per heavy atom. The summed E-state index contributed by atoms with van der Waals surface area (Å²) in [5.74, 6) is -0.139. The summed E-state index contributed by atoms with van der Waals surface area (Å²) in [7, 11) is 1.53. The van der Waals surface area contributed by atoms with Gasteiger partial charge in [-0.25, -0.2) is 0 Å². The van der Waals surface area contributed by atoms with Crippen molar-refractivity contribution in [2.75, 3.05) is 13.9 Å². The lowest BCUT2D eigenvalue weighted by molar-refractivity contribution is -0.154. The van der Waals surface area contributed by atoms with Crippen molar-refractivity contribution < 1.29 is 14.3 Å². The van der Waals surface area contributed by atoms with Crippen LogP contribution in [-0.4, -0.2) is 19.9 Å². The van der Waals surface area contributed by atoms with Gasteiger partial charge in [-0.15, -0.1) is 0 Å². The van der Waals surface area contributed by atoms with Crippen LogP contribution in [-0.2, 0) is 14.3 Å². The zero-order chi connectivity index (χ0) is 15.6. The topological polar surface area (TPSA) is 35.5 Å². The predicted molar refractivity (Wildman–Crippen MR) is 88.3 cm³/mol. The van der Waals surface area contributed by atoms with Crippen molar-refractivity contribution in [3.8, 4) is 0 Å². The highest BCUT2D eigenvalue weighted by Crippen LogP contribution is 2.13. The molecule has 3 heteroatoms. The average Bonchev–Trinajstić information content (AvgIpc) is 2.49. The molecule has 0 aliphatic heterocycles. The van der Waals surface area contributed by atoms with Crippen molar-refractivity contribution in [3.63, 3.8) is 0 Å². The number of hydrogen-bond donors (Lipinski definition) is 0. The number of carbonyl (C=O) groups excluding carboxylic acids is 1. The van der Waals surface area contributed by atoms with Gasteiger partial charge in [0.15, 0.2) is 6.79 Å². The quantitative estimate of drug-likeness (QED) is 0.211. The van der Waals surface area contributed by atoms with Crippen molar-refractivity contribution in [2.45, 2.75) is 96.8 Å². The number of rotatable bonds is 16. The number of ether oxygens (including phenoxy) is 2. The molecule has 126 valence electrons. The Labute approximate surface area is 131 Å². The van der Waals surface area contributed by atoms with E-state index in [4.69, 9.17) is 4.74 Å². The van der Waals surface area contributed by atoms with Crippen molar-refractivity contribution in [3.05, 3.63) is 0 Å². The second-order valence-corrected chi connectivity index (χ2v) is 5.92. The molecule has 0 atom stereocenters. The molecule has 0 unspecified atom stereocenters. The fourth-order valence-electron chi connectivity index (χ4n) is 2.48. The number of unbranched alkanes of at least 4 members (excludes halogenated alkanes) is 12. The Hall–Kier alpha value is -0.570. The van der Waals surface area contributed by atoms with E-state index in [2.05, 4.69) is 11.7 Å². The van der Waals surface area contributed by atoms with Crippen LogP contribution in [0.25, 0.3) is 0 Å². The molecule has 3 nitrogen and oxygen atoms in total. The molecule has 0 saturated carbocycles. The summed E-state index contributed by atoms with van der Waals surface area (Å²) in [6.45, 7) is 2.35. The molecule has 0 aromatic carbocycles. The van der Waals surface area contributed by atoms with Crippen LogP contribution in [0, 0.1) is 0 Å². The average molecular weight is 300 g/mol. The van der Waals surface area contributed by atoms with Crippen LogP contribution >= 0.6 is 0 Å². The minimum Gasteiger partial charge on any atom is -0.438 e. The first kappa shape index (κ1) is 20.4. The third-order valence-electron chi connectivity index (χ3n) is 3.82. The fourth-order valence-corrected chi connectivity index (χ4v) is 2.48. The van der Waals surface area contributed by atoms with Gasteiger partial charge in [0.25, 0.3) is 0 Å². The van der Waals surface area contributed by atoms with E-state index in [1.165, 1.54) is 77.7 Å². The van der Waals surface area contributed by atoms with Gasteiger partial charge in [0.05, 0.1) is 0 Å². The highest BCUT2D eigenvalue weighted by molar-refractivity contribution is 5.69. The summed E-state index contributed by atoms with van der Waals surface area (Å²) in [4.78, 5) is 11.2. The second kappa shape index (κ2) is 17.5. The Kier molecular flexibility index (Phi) is 17.0. The smallest absolute Gasteiger partial charge is 0.307 e. The summed E-state index contributed by atoms with van der Waals surface area (Å²) in [6.07, 6.45) is 17.7. The maximum absolute atomic E-state index is 11.2. The molecule has 0 saturated heterocycles. The highest BCUT2D eigenvalue weighted by atomic mass is 16.7.